The number of hydrogen-bond donors (Lipinski definition) is 7. The Kier molecular flexibility index (Phi) is 13.0. The van der Waals surface area contributed by atoms with Crippen molar-refractivity contribution in [3.63, 3.8) is 0 Å². The highest BCUT2D eigenvalue weighted by molar-refractivity contribution is 5.96. The van der Waals surface area contributed by atoms with Crippen LogP contribution in [0.15, 0.2) is 0 Å². The average Bonchev–Trinajstić information content (AvgIpc) is 2.69. The largest absolute Gasteiger partial charge is 0.480 e. The van der Waals surface area contributed by atoms with E-state index in [1.165, 1.54) is 6.92 Å². The Morgan fingerprint density at radius 1 is 0.903 bits per heavy atom. The first-order valence-electron chi connectivity index (χ1n) is 10.3. The zero-order chi connectivity index (χ0) is 24.1. The van der Waals surface area contributed by atoms with Gasteiger partial charge in [0.1, 0.15) is 18.1 Å². The summed E-state index contributed by atoms with van der Waals surface area (Å²) in [6.07, 6.45) is 1.28. The van der Waals surface area contributed by atoms with E-state index in [1.807, 2.05) is 0 Å². The number of primary amides is 1. The van der Waals surface area contributed by atoms with Crippen LogP contribution in [-0.4, -0.2) is 65.4 Å². The quantitative estimate of drug-likeness (QED) is 0.139. The molecular formula is C19H36N6O6. The van der Waals surface area contributed by atoms with Gasteiger partial charge in [0.25, 0.3) is 0 Å². The second kappa shape index (κ2) is 14.3. The normalized spacial score (nSPS) is 15.6. The van der Waals surface area contributed by atoms with Gasteiger partial charge in [0.2, 0.25) is 23.6 Å². The summed E-state index contributed by atoms with van der Waals surface area (Å²) in [5.41, 5.74) is 16.1. The molecule has 0 aromatic carbocycles. The summed E-state index contributed by atoms with van der Waals surface area (Å²) in [6, 6.07) is -4.48. The number of hydrogen-bond acceptors (Lipinski definition) is 7. The van der Waals surface area contributed by atoms with Crippen molar-refractivity contribution in [2.75, 3.05) is 6.54 Å². The lowest BCUT2D eigenvalue weighted by atomic mass is 9.98. The lowest BCUT2D eigenvalue weighted by molar-refractivity contribution is -0.144. The van der Waals surface area contributed by atoms with Gasteiger partial charge in [0, 0.05) is 0 Å². The minimum absolute atomic E-state index is 0.187. The molecule has 0 aromatic heterocycles. The number of rotatable bonds is 15. The van der Waals surface area contributed by atoms with Crippen molar-refractivity contribution in [1.82, 2.24) is 16.0 Å². The third kappa shape index (κ3) is 10.7. The molecule has 0 aliphatic carbocycles. The highest BCUT2D eigenvalue weighted by Gasteiger charge is 2.31. The summed E-state index contributed by atoms with van der Waals surface area (Å²) in [5.74, 6) is -4.53. The Morgan fingerprint density at radius 2 is 1.45 bits per heavy atom. The van der Waals surface area contributed by atoms with E-state index in [0.29, 0.717) is 25.8 Å². The van der Waals surface area contributed by atoms with Crippen molar-refractivity contribution >= 4 is 29.6 Å². The fourth-order valence-electron chi connectivity index (χ4n) is 2.68. The summed E-state index contributed by atoms with van der Waals surface area (Å²) in [7, 11) is 0. The first-order valence-corrected chi connectivity index (χ1v) is 10.3. The predicted octanol–water partition coefficient (Wildman–Crippen LogP) is -2.08. The summed E-state index contributed by atoms with van der Waals surface area (Å²) < 4.78 is 0. The number of unbranched alkanes of at least 4 members (excludes halogenated alkanes) is 1. The van der Waals surface area contributed by atoms with Crippen molar-refractivity contribution in [2.45, 2.75) is 77.0 Å². The van der Waals surface area contributed by atoms with Gasteiger partial charge in [0.15, 0.2) is 0 Å². The fourth-order valence-corrected chi connectivity index (χ4v) is 2.68. The first-order chi connectivity index (χ1) is 14.4. The Labute approximate surface area is 182 Å². The number of amides is 4. The van der Waals surface area contributed by atoms with Gasteiger partial charge in [-0.2, -0.15) is 0 Å². The van der Waals surface area contributed by atoms with Gasteiger partial charge >= 0.3 is 5.97 Å². The van der Waals surface area contributed by atoms with Crippen LogP contribution >= 0.6 is 0 Å². The molecule has 12 nitrogen and oxygen atoms in total. The lowest BCUT2D eigenvalue weighted by Crippen LogP contribution is -2.58. The highest BCUT2D eigenvalue weighted by atomic mass is 16.4. The predicted molar refractivity (Wildman–Crippen MR) is 113 cm³/mol. The molecule has 0 aromatic rings. The van der Waals surface area contributed by atoms with Gasteiger partial charge in [-0.25, -0.2) is 4.79 Å². The Hall–Kier alpha value is -2.73. The van der Waals surface area contributed by atoms with E-state index in [2.05, 4.69) is 16.0 Å². The standard InChI is InChI=1S/C19H36N6O6/c1-4-10(2)15(19(30)31)25-17(28)12(7-5-6-8-20)23-18(29)13(9-14(22)26)24-16(27)11(3)21/h10-13,15H,4-9,20-21H2,1-3H3,(H2,22,26)(H,23,29)(H,24,27)(H,25,28)(H,30,31). The molecule has 5 atom stereocenters. The van der Waals surface area contributed by atoms with E-state index in [9.17, 15) is 29.1 Å². The van der Waals surface area contributed by atoms with Crippen molar-refractivity contribution in [1.29, 1.82) is 0 Å². The Morgan fingerprint density at radius 3 is 1.90 bits per heavy atom. The van der Waals surface area contributed by atoms with Gasteiger partial charge in [-0.1, -0.05) is 20.3 Å². The minimum atomic E-state index is -1.33. The zero-order valence-electron chi connectivity index (χ0n) is 18.3. The van der Waals surface area contributed by atoms with Gasteiger partial charge < -0.3 is 38.3 Å². The SMILES string of the molecule is CCC(C)C(NC(=O)C(CCCCN)NC(=O)C(CC(N)=O)NC(=O)C(C)N)C(=O)O. The van der Waals surface area contributed by atoms with Gasteiger partial charge in [-0.15, -0.1) is 0 Å². The number of aliphatic carboxylic acids is 1. The molecule has 0 radical (unpaired) electrons. The van der Waals surface area contributed by atoms with Crippen LogP contribution in [0.5, 0.6) is 0 Å². The molecule has 5 unspecified atom stereocenters. The summed E-state index contributed by atoms with van der Waals surface area (Å²) >= 11 is 0. The van der Waals surface area contributed by atoms with Crippen LogP contribution in [0.1, 0.15) is 52.9 Å². The molecule has 0 rings (SSSR count). The van der Waals surface area contributed by atoms with Crippen LogP contribution < -0.4 is 33.2 Å². The van der Waals surface area contributed by atoms with Crippen molar-refractivity contribution < 1.29 is 29.1 Å². The number of nitrogens with two attached hydrogens (primary N) is 3. The maximum atomic E-state index is 12.8. The Bertz CT molecular complexity index is 641. The molecule has 4 amide bonds. The number of carbonyl (C=O) groups excluding carboxylic acids is 4. The van der Waals surface area contributed by atoms with Crippen molar-refractivity contribution in [3.05, 3.63) is 0 Å². The summed E-state index contributed by atoms with van der Waals surface area (Å²) in [5, 5.41) is 16.7. The van der Waals surface area contributed by atoms with Crippen molar-refractivity contribution in [2.24, 2.45) is 23.1 Å². The van der Waals surface area contributed by atoms with Crippen LogP contribution in [0.3, 0.4) is 0 Å². The van der Waals surface area contributed by atoms with Crippen LogP contribution in [-0.2, 0) is 24.0 Å². The van der Waals surface area contributed by atoms with Gasteiger partial charge in [-0.3, -0.25) is 19.2 Å². The molecule has 0 saturated heterocycles. The lowest BCUT2D eigenvalue weighted by Gasteiger charge is -2.26. The Balaban J connectivity index is 5.50. The van der Waals surface area contributed by atoms with E-state index in [4.69, 9.17) is 17.2 Å². The smallest absolute Gasteiger partial charge is 0.326 e. The molecule has 0 spiro atoms. The van der Waals surface area contributed by atoms with E-state index in [1.54, 1.807) is 13.8 Å². The van der Waals surface area contributed by atoms with Crippen LogP contribution in [0.2, 0.25) is 0 Å². The molecule has 10 N–H and O–H groups in total. The van der Waals surface area contributed by atoms with Crippen molar-refractivity contribution in [3.8, 4) is 0 Å². The van der Waals surface area contributed by atoms with E-state index < -0.39 is 60.2 Å². The first kappa shape index (κ1) is 28.3. The highest BCUT2D eigenvalue weighted by Crippen LogP contribution is 2.10. The van der Waals surface area contributed by atoms with E-state index in [-0.39, 0.29) is 12.3 Å². The summed E-state index contributed by atoms with van der Waals surface area (Å²) in [4.78, 5) is 60.2. The monoisotopic (exact) mass is 444 g/mol. The molecule has 0 heterocycles. The maximum Gasteiger partial charge on any atom is 0.326 e. The zero-order valence-corrected chi connectivity index (χ0v) is 18.3. The fraction of sp³-hybridized carbons (Fsp3) is 0.737. The number of carbonyl (C=O) groups is 5. The van der Waals surface area contributed by atoms with Gasteiger partial charge in [0.05, 0.1) is 12.5 Å². The number of nitrogens with one attached hydrogen (secondary N) is 3. The molecule has 12 heteroatoms. The molecule has 0 saturated carbocycles. The molecule has 0 bridgehead atoms. The molecule has 0 fully saturated rings. The molecule has 0 aliphatic rings. The molecule has 178 valence electrons. The molecular weight excluding hydrogens is 408 g/mol. The van der Waals surface area contributed by atoms with Crippen LogP contribution in [0, 0.1) is 5.92 Å². The topological polar surface area (TPSA) is 220 Å². The maximum absolute atomic E-state index is 12.8. The third-order valence-electron chi connectivity index (χ3n) is 4.81. The second-order valence-electron chi connectivity index (χ2n) is 7.58. The average molecular weight is 445 g/mol. The summed E-state index contributed by atoms with van der Waals surface area (Å²) in [6.45, 7) is 5.26. The second-order valence-corrected chi connectivity index (χ2v) is 7.58. The molecule has 0 aliphatic heterocycles. The minimum Gasteiger partial charge on any atom is -0.480 e. The third-order valence-corrected chi connectivity index (χ3v) is 4.81. The van der Waals surface area contributed by atoms with Crippen LogP contribution in [0.25, 0.3) is 0 Å². The molecule has 31 heavy (non-hydrogen) atoms. The van der Waals surface area contributed by atoms with Gasteiger partial charge in [-0.05, 0) is 38.6 Å². The number of carboxylic acid groups (broad SMARTS) is 1. The van der Waals surface area contributed by atoms with E-state index in [0.717, 1.165) is 0 Å². The number of carboxylic acids is 1. The van der Waals surface area contributed by atoms with Crippen LogP contribution in [0.4, 0.5) is 0 Å². The van der Waals surface area contributed by atoms with E-state index >= 15 is 0 Å².